The molecule has 750 valence electrons. The molecule has 4 bridgehead atoms. The van der Waals surface area contributed by atoms with Crippen molar-refractivity contribution in [3.8, 4) is 11.5 Å². The van der Waals surface area contributed by atoms with Gasteiger partial charge >= 0.3 is 45.2 Å². The second-order valence-electron chi connectivity index (χ2n) is 39.6. The Labute approximate surface area is 805 Å². The Morgan fingerprint density at radius 2 is 0.949 bits per heavy atom. The first-order valence-corrected chi connectivity index (χ1v) is 52.0. The molecule has 2 amide bonds. The van der Waals surface area contributed by atoms with E-state index in [9.17, 15) is 53.8 Å². The van der Waals surface area contributed by atoms with Crippen LogP contribution in [0.1, 0.15) is 164 Å². The lowest BCUT2D eigenvalue weighted by atomic mass is 9.47. The summed E-state index contributed by atoms with van der Waals surface area (Å²) in [6.07, 6.45) is 8.99. The zero-order valence-corrected chi connectivity index (χ0v) is 83.9. The number of rotatable bonds is 25. The topological polar surface area (TPSA) is 451 Å². The molecule has 2 aromatic heterocycles. The van der Waals surface area contributed by atoms with Gasteiger partial charge in [-0.05, 0) is 187 Å². The Morgan fingerprint density at radius 3 is 1.37 bits per heavy atom. The molecule has 4 aromatic carbocycles. The third kappa shape index (κ3) is 15.7. The van der Waals surface area contributed by atoms with Gasteiger partial charge in [0.05, 0.1) is 92.4 Å². The first kappa shape index (κ1) is 102. The number of fused-ring (bicyclic) bond motifs is 12. The molecule has 2 saturated carbocycles. The number of methoxy groups -OCH3 is 6. The predicted molar refractivity (Wildman–Crippen MR) is 515 cm³/mol. The van der Waals surface area contributed by atoms with Crippen LogP contribution in [0.5, 0.6) is 11.5 Å². The van der Waals surface area contributed by atoms with Crippen molar-refractivity contribution in [2.75, 3.05) is 171 Å². The maximum Gasteiger partial charge on any atom is 0.408 e. The molecule has 18 rings (SSSR count). The van der Waals surface area contributed by atoms with Crippen LogP contribution in [0.15, 0.2) is 102 Å². The summed E-state index contributed by atoms with van der Waals surface area (Å²) in [7, 11) is 5.00. The number of aliphatic hydroxyl groups is 5. The molecule has 2 aliphatic carbocycles. The number of para-hydroxylation sites is 2. The number of azide groups is 1. The van der Waals surface area contributed by atoms with Gasteiger partial charge in [-0.15, -0.1) is 0 Å². The van der Waals surface area contributed by atoms with Crippen LogP contribution >= 0.6 is 15.2 Å². The molecular formula is C100H136N12O24P2. The molecule has 2 unspecified atom stereocenters. The zero-order chi connectivity index (χ0) is 99.2. The van der Waals surface area contributed by atoms with Gasteiger partial charge in [-0.25, -0.2) is 14.4 Å². The van der Waals surface area contributed by atoms with Crippen molar-refractivity contribution in [2.24, 2.45) is 27.8 Å². The van der Waals surface area contributed by atoms with Gasteiger partial charge in [0.25, 0.3) is 0 Å². The number of ether oxygens (including phenoxy) is 7. The van der Waals surface area contributed by atoms with Crippen LogP contribution in [0.2, 0.25) is 0 Å². The Bertz CT molecular complexity index is 5890. The van der Waals surface area contributed by atoms with E-state index in [-0.39, 0.29) is 50.7 Å². The Morgan fingerprint density at radius 1 is 0.529 bits per heavy atom. The summed E-state index contributed by atoms with van der Waals surface area (Å²) in [5, 5.41) is 70.4. The summed E-state index contributed by atoms with van der Waals surface area (Å²) < 4.78 is 87.5. The molecule has 8 N–H and O–H groups in total. The fourth-order valence-electron chi connectivity index (χ4n) is 28.1. The average Bonchev–Trinajstić information content (AvgIpc) is 1.47. The molecule has 20 atom stereocenters. The first-order valence-electron chi connectivity index (χ1n) is 48.5. The van der Waals surface area contributed by atoms with Crippen molar-refractivity contribution in [3.05, 3.63) is 152 Å². The third-order valence-corrected chi connectivity index (χ3v) is 36.9. The molecule has 38 heteroatoms. The largest absolute Gasteiger partial charge is 0.496 e. The van der Waals surface area contributed by atoms with Gasteiger partial charge in [-0.1, -0.05) is 88.4 Å². The number of nitrogens with one attached hydrogen (secondary N) is 3. The molecule has 12 heterocycles. The van der Waals surface area contributed by atoms with Crippen LogP contribution in [0.25, 0.3) is 32.2 Å². The molecule has 6 aromatic rings. The number of aromatic amines is 2. The van der Waals surface area contributed by atoms with Crippen molar-refractivity contribution in [1.82, 2.24) is 34.9 Å². The fourth-order valence-corrected chi connectivity index (χ4v) is 30.9. The van der Waals surface area contributed by atoms with Gasteiger partial charge in [0.2, 0.25) is 17.1 Å². The second-order valence-corrected chi connectivity index (χ2v) is 43.7. The highest BCUT2D eigenvalue weighted by molar-refractivity contribution is 7.55. The molecule has 36 nitrogen and oxygen atoms in total. The van der Waals surface area contributed by atoms with Gasteiger partial charge in [0.1, 0.15) is 40.9 Å². The standard InChI is InChI=1S/C50H68N5O12P.C44H56N4O8.C6H12N3O4P/c1-9-46(59)26-31-27-49(43(56)63-7,39-33(18-22-54(28-31)29-46)32-16-13-14-17-36(32)52-39)35-24-34-37(25-38(35)62-6)53(5)41-48(34)20-23-55-21-15-19-47(10-2,40(48)55)42(50(41,60)44(57)64-8)67-45(58)51-30-68(61,65-11-3)66-12-4;1-7-40(52)22-26-23-43(38(50)55-5,34-28(14-18-47(24-26)25-40)27-12-9-10-13-31(27)45-34)30-20-29-32(21-33(30)54-4)46(3)36-42(29)16-19-48-17-11-15-41(8-2,35(42)48)37(49)44(36,53)39(51)56-6;1-3-12-14(11,13-4-2)5-6(10)8-9-7/h13-17,19,24-25,31,40-42,52,59-60H,9-12,18,20-23,26-30H2,1-8H3,(H,51,58);9-13,15,20-21,26,35-37,45,49,52-53H,7-8,14,16-19,22-25H2,1-6H3;3-5H2,1-2H3/t31-,40-,41+,42+,46-,47+,48+,49-,50-;26-,35-,36+,37+,40-,41+,42+,43-,44-;/m00./s1. The lowest BCUT2D eigenvalue weighted by Crippen LogP contribution is -2.81. The van der Waals surface area contributed by atoms with E-state index in [0.29, 0.717) is 157 Å². The summed E-state index contributed by atoms with van der Waals surface area (Å²) in [5.74, 6) is -2.96. The maximum atomic E-state index is 15.5. The molecule has 138 heavy (non-hydrogen) atoms. The highest BCUT2D eigenvalue weighted by atomic mass is 31.2. The number of carbonyl (C=O) groups excluding carboxylic acids is 6. The maximum absolute atomic E-state index is 15.5. The number of esters is 4. The predicted octanol–water partition coefficient (Wildman–Crippen LogP) is 10.9. The summed E-state index contributed by atoms with van der Waals surface area (Å²) in [4.78, 5) is 108. The van der Waals surface area contributed by atoms with Gasteiger partial charge in [-0.3, -0.25) is 43.1 Å². The van der Waals surface area contributed by atoms with Crippen LogP contribution in [0, 0.1) is 22.7 Å². The summed E-state index contributed by atoms with van der Waals surface area (Å²) in [6.45, 7) is 21.5. The normalized spacial score (nSPS) is 33.4. The van der Waals surface area contributed by atoms with Crippen LogP contribution in [-0.2, 0) is 109 Å². The number of nitrogens with zero attached hydrogens (tertiary/aromatic N) is 9. The number of carbonyl (C=O) groups is 6. The van der Waals surface area contributed by atoms with Crippen LogP contribution in [-0.4, -0.2) is 311 Å². The minimum Gasteiger partial charge on any atom is -0.496 e. The molecule has 12 aliphatic rings. The zero-order valence-electron chi connectivity index (χ0n) is 82.1. The van der Waals surface area contributed by atoms with Crippen LogP contribution in [0.4, 0.5) is 16.2 Å². The monoisotopic (exact) mass is 1950 g/mol. The van der Waals surface area contributed by atoms with E-state index in [1.165, 1.54) is 28.4 Å². The molecular weight excluding hydrogens is 1820 g/mol. The van der Waals surface area contributed by atoms with Crippen molar-refractivity contribution in [1.29, 1.82) is 0 Å². The lowest BCUT2D eigenvalue weighted by Gasteiger charge is -2.63. The number of amides is 2. The molecule has 4 saturated heterocycles. The van der Waals surface area contributed by atoms with E-state index in [1.807, 2.05) is 124 Å². The van der Waals surface area contributed by atoms with Gasteiger partial charge < -0.3 is 102 Å². The molecule has 10 aliphatic heterocycles. The van der Waals surface area contributed by atoms with Crippen molar-refractivity contribution >= 4 is 84.2 Å². The number of aliphatic hydroxyl groups excluding tert-OH is 1. The average molecular weight is 1950 g/mol. The Balaban J connectivity index is 0.000000177. The highest BCUT2D eigenvalue weighted by Gasteiger charge is 2.82. The minimum absolute atomic E-state index is 0.0776. The Kier molecular flexibility index (Phi) is 28.4. The van der Waals surface area contributed by atoms with Crippen molar-refractivity contribution in [3.63, 3.8) is 0 Å². The van der Waals surface area contributed by atoms with Gasteiger partial charge in [0.15, 0.2) is 6.10 Å². The SMILES string of the molecule is CCOP(=O)(CC(=O)N=[N+]=[N-])OCC.CCOP(=O)(CNC(=O)O[C@@H]1[C@]2(CC)C=CCN3CC[C@@]4(c5cc([C@@]6(C(=O)OC)C[C@H]7CN(CCc8c6[nH]c6ccccc86)C[C@](O)(CC)C7)c(OC)cc5N(C)[C@H]4[C@@]1(O)C(=O)OC)[C@@H]32)OCC.CC[C@]1(O)C[C@@H]2CN(CCc3c([nH]c4ccccc34)[C@@](C(=O)OC)(c3cc4c(cc3OC)N(C)[C@H]3[C@@](O)(C(=O)OC)[C@H](O)[C@]5(CC)C=CCN6CC[C@]43[C@@H]65)C2)C1. The summed E-state index contributed by atoms with van der Waals surface area (Å²) >= 11 is 0. The second kappa shape index (κ2) is 38.5. The summed E-state index contributed by atoms with van der Waals surface area (Å²) in [5.41, 5.74) is 3.98. The van der Waals surface area contributed by atoms with Gasteiger partial charge in [-0.2, -0.15) is 0 Å². The summed E-state index contributed by atoms with van der Waals surface area (Å²) in [6, 6.07) is 21.6. The minimum atomic E-state index is -3.76. The molecule has 6 fully saturated rings. The fraction of sp³-hybridized carbons (Fsp3) is 0.620. The molecule has 2 spiro atoms. The van der Waals surface area contributed by atoms with Crippen LogP contribution in [0.3, 0.4) is 0 Å². The van der Waals surface area contributed by atoms with E-state index in [4.69, 9.17) is 56.8 Å². The number of hydrogen-bond donors (Lipinski definition) is 8. The highest BCUT2D eigenvalue weighted by Crippen LogP contribution is 2.71. The number of likely N-dealkylation sites (N-methyl/N-ethyl adjacent to an activating group) is 2. The quantitative estimate of drug-likeness (QED) is 0.00502. The van der Waals surface area contributed by atoms with E-state index < -0.39 is 149 Å². The van der Waals surface area contributed by atoms with E-state index in [2.05, 4.69) is 69.2 Å². The lowest BCUT2D eigenvalue weighted by molar-refractivity contribution is -0.218. The third-order valence-electron chi connectivity index (χ3n) is 33.1. The number of alkyl carbamates (subject to hydrolysis) is 1. The number of aromatic nitrogens is 2. The van der Waals surface area contributed by atoms with Crippen LogP contribution < -0.4 is 24.6 Å². The van der Waals surface area contributed by atoms with E-state index >= 15 is 9.59 Å². The van der Waals surface area contributed by atoms with E-state index in [0.717, 1.165) is 68.5 Å². The molecule has 0 radical (unpaired) electrons. The van der Waals surface area contributed by atoms with Gasteiger partial charge in [0, 0.05) is 173 Å². The Hall–Kier alpha value is -9.29. The number of benzene rings is 4. The smallest absolute Gasteiger partial charge is 0.408 e. The van der Waals surface area contributed by atoms with Crippen molar-refractivity contribution < 1.29 is 115 Å². The number of piperidine rings is 2. The first-order chi connectivity index (χ1) is 65.9. The number of anilines is 2. The van der Waals surface area contributed by atoms with Crippen molar-refractivity contribution in [2.45, 2.75) is 213 Å². The number of H-pyrrole nitrogens is 2. The number of hydrogen-bond acceptors (Lipinski definition) is 30. The van der Waals surface area contributed by atoms with E-state index in [1.54, 1.807) is 41.9 Å².